The molecular formula is C14H25N3OS. The first kappa shape index (κ1) is 16.3. The third kappa shape index (κ3) is 3.64. The van der Waals surface area contributed by atoms with Gasteiger partial charge in [0, 0.05) is 26.2 Å². The monoisotopic (exact) mass is 283 g/mol. The lowest BCUT2D eigenvalue weighted by molar-refractivity contribution is -0.136. The molecule has 0 aromatic rings. The highest BCUT2D eigenvalue weighted by Gasteiger charge is 2.37. The van der Waals surface area contributed by atoms with E-state index in [2.05, 4.69) is 11.0 Å². The van der Waals surface area contributed by atoms with Crippen molar-refractivity contribution >= 4 is 17.7 Å². The summed E-state index contributed by atoms with van der Waals surface area (Å²) in [4.78, 5) is 16.4. The van der Waals surface area contributed by atoms with Crippen LogP contribution in [-0.2, 0) is 4.79 Å². The number of hydrogen-bond donors (Lipinski definition) is 0. The number of carbonyl (C=O) groups is 1. The molecule has 1 fully saturated rings. The van der Waals surface area contributed by atoms with Crippen molar-refractivity contribution in [2.45, 2.75) is 44.4 Å². The van der Waals surface area contributed by atoms with E-state index in [1.165, 1.54) is 0 Å². The van der Waals surface area contributed by atoms with Gasteiger partial charge in [-0.2, -0.15) is 5.26 Å². The summed E-state index contributed by atoms with van der Waals surface area (Å²) in [6.45, 7) is 9.21. The molecule has 1 heterocycles. The summed E-state index contributed by atoms with van der Waals surface area (Å²) >= 11 is 1.65. The number of piperidine rings is 1. The summed E-state index contributed by atoms with van der Waals surface area (Å²) in [5.74, 6) is 0.207. The van der Waals surface area contributed by atoms with Crippen molar-refractivity contribution in [2.75, 3.05) is 32.4 Å². The zero-order valence-electron chi connectivity index (χ0n) is 12.5. The van der Waals surface area contributed by atoms with Gasteiger partial charge in [0.1, 0.15) is 4.75 Å². The number of amides is 1. The summed E-state index contributed by atoms with van der Waals surface area (Å²) in [6.07, 6.45) is 3.70. The average molecular weight is 283 g/mol. The average Bonchev–Trinajstić information content (AvgIpc) is 2.47. The number of nitrogens with zero attached hydrogens (tertiary/aromatic N) is 3. The molecule has 0 spiro atoms. The van der Waals surface area contributed by atoms with Crippen LogP contribution in [0.4, 0.5) is 0 Å². The standard InChI is InChI=1S/C14H25N3OS/c1-5-16(6-2)13(18)12(3)17-9-7-14(11-15,19-4)8-10-17/h12H,5-10H2,1-4H3. The Bertz CT molecular complexity index is 341. The third-order valence-electron chi connectivity index (χ3n) is 4.18. The molecule has 1 unspecified atom stereocenters. The second kappa shape index (κ2) is 7.16. The Morgan fingerprint density at radius 1 is 1.42 bits per heavy atom. The molecule has 1 aliphatic rings. The Balaban J connectivity index is 2.60. The van der Waals surface area contributed by atoms with Crippen LogP contribution in [0.3, 0.4) is 0 Å². The fraction of sp³-hybridized carbons (Fsp3) is 0.857. The van der Waals surface area contributed by atoms with Gasteiger partial charge in [-0.3, -0.25) is 9.69 Å². The highest BCUT2D eigenvalue weighted by atomic mass is 32.2. The molecule has 1 amide bonds. The lowest BCUT2D eigenvalue weighted by Crippen LogP contribution is -2.52. The van der Waals surface area contributed by atoms with Gasteiger partial charge in [-0.1, -0.05) is 0 Å². The Morgan fingerprint density at radius 3 is 2.32 bits per heavy atom. The van der Waals surface area contributed by atoms with Crippen LogP contribution >= 0.6 is 11.8 Å². The van der Waals surface area contributed by atoms with E-state index in [4.69, 9.17) is 0 Å². The lowest BCUT2D eigenvalue weighted by atomic mass is 9.96. The third-order valence-corrected chi connectivity index (χ3v) is 5.46. The van der Waals surface area contributed by atoms with E-state index in [0.717, 1.165) is 39.0 Å². The predicted molar refractivity (Wildman–Crippen MR) is 80.1 cm³/mol. The van der Waals surface area contributed by atoms with E-state index in [1.54, 1.807) is 11.8 Å². The molecule has 0 aromatic carbocycles. The van der Waals surface area contributed by atoms with Crippen LogP contribution in [0.25, 0.3) is 0 Å². The van der Waals surface area contributed by atoms with Crippen LogP contribution in [0.1, 0.15) is 33.6 Å². The zero-order valence-corrected chi connectivity index (χ0v) is 13.3. The zero-order chi connectivity index (χ0) is 14.5. The highest BCUT2D eigenvalue weighted by molar-refractivity contribution is 8.00. The van der Waals surface area contributed by atoms with Gasteiger partial charge in [-0.05, 0) is 39.9 Å². The Morgan fingerprint density at radius 2 is 1.95 bits per heavy atom. The van der Waals surface area contributed by atoms with Crippen LogP contribution in [0.5, 0.6) is 0 Å². The first-order valence-electron chi connectivity index (χ1n) is 7.02. The van der Waals surface area contributed by atoms with Crippen molar-refractivity contribution < 1.29 is 4.79 Å². The molecule has 19 heavy (non-hydrogen) atoms. The normalized spacial score (nSPS) is 20.6. The number of carbonyl (C=O) groups excluding carboxylic acids is 1. The van der Waals surface area contributed by atoms with Gasteiger partial charge in [0.25, 0.3) is 0 Å². The highest BCUT2D eigenvalue weighted by Crippen LogP contribution is 2.34. The maximum Gasteiger partial charge on any atom is 0.239 e. The fourth-order valence-electron chi connectivity index (χ4n) is 2.59. The van der Waals surface area contributed by atoms with Crippen molar-refractivity contribution in [3.05, 3.63) is 0 Å². The van der Waals surface area contributed by atoms with Crippen molar-refractivity contribution in [1.29, 1.82) is 5.26 Å². The number of hydrogen-bond acceptors (Lipinski definition) is 4. The molecule has 0 N–H and O–H groups in total. The molecule has 1 rings (SSSR count). The van der Waals surface area contributed by atoms with Gasteiger partial charge in [0.15, 0.2) is 0 Å². The van der Waals surface area contributed by atoms with Gasteiger partial charge in [0.05, 0.1) is 12.1 Å². The van der Waals surface area contributed by atoms with Crippen LogP contribution in [0.2, 0.25) is 0 Å². The molecule has 0 aliphatic carbocycles. The molecule has 1 saturated heterocycles. The topological polar surface area (TPSA) is 47.3 Å². The Hall–Kier alpha value is -0.730. The van der Waals surface area contributed by atoms with Crippen LogP contribution in [0.15, 0.2) is 0 Å². The quantitative estimate of drug-likeness (QED) is 0.774. The van der Waals surface area contributed by atoms with E-state index in [9.17, 15) is 10.1 Å². The lowest BCUT2D eigenvalue weighted by Gasteiger charge is -2.39. The van der Waals surface area contributed by atoms with Crippen molar-refractivity contribution in [3.8, 4) is 6.07 Å². The molecule has 108 valence electrons. The minimum atomic E-state index is -0.242. The SMILES string of the molecule is CCN(CC)C(=O)C(C)N1CCC(C#N)(SC)CC1. The van der Waals surface area contributed by atoms with E-state index < -0.39 is 0 Å². The molecule has 0 radical (unpaired) electrons. The predicted octanol–water partition coefficient (Wildman–Crippen LogP) is 1.96. The summed E-state index contributed by atoms with van der Waals surface area (Å²) in [5, 5.41) is 9.28. The maximum absolute atomic E-state index is 12.3. The van der Waals surface area contributed by atoms with Gasteiger partial charge < -0.3 is 4.90 Å². The van der Waals surface area contributed by atoms with Crippen molar-refractivity contribution in [2.24, 2.45) is 0 Å². The van der Waals surface area contributed by atoms with Crippen LogP contribution in [-0.4, -0.2) is 58.9 Å². The van der Waals surface area contributed by atoms with Gasteiger partial charge >= 0.3 is 0 Å². The minimum Gasteiger partial charge on any atom is -0.342 e. The Labute approximate surface area is 121 Å². The molecule has 0 saturated carbocycles. The summed E-state index contributed by atoms with van der Waals surface area (Å²) in [7, 11) is 0. The van der Waals surface area contributed by atoms with Crippen LogP contribution in [0, 0.1) is 11.3 Å². The van der Waals surface area contributed by atoms with Crippen molar-refractivity contribution in [1.82, 2.24) is 9.80 Å². The van der Waals surface area contributed by atoms with Crippen LogP contribution < -0.4 is 0 Å². The smallest absolute Gasteiger partial charge is 0.239 e. The molecule has 0 aromatic heterocycles. The summed E-state index contributed by atoms with van der Waals surface area (Å²) < 4.78 is -0.242. The molecule has 1 aliphatic heterocycles. The maximum atomic E-state index is 12.3. The summed E-state index contributed by atoms with van der Waals surface area (Å²) in [5.41, 5.74) is 0. The van der Waals surface area contributed by atoms with Gasteiger partial charge in [-0.15, -0.1) is 11.8 Å². The van der Waals surface area contributed by atoms with E-state index in [0.29, 0.717) is 0 Å². The Kier molecular flexibility index (Phi) is 6.15. The molecule has 0 bridgehead atoms. The first-order valence-corrected chi connectivity index (χ1v) is 8.25. The summed E-state index contributed by atoms with van der Waals surface area (Å²) in [6, 6.07) is 2.37. The minimum absolute atomic E-state index is 0.0709. The number of thioether (sulfide) groups is 1. The number of likely N-dealkylation sites (tertiary alicyclic amines) is 1. The van der Waals surface area contributed by atoms with E-state index >= 15 is 0 Å². The molecular weight excluding hydrogens is 258 g/mol. The fourth-order valence-corrected chi connectivity index (χ4v) is 3.27. The molecule has 5 heteroatoms. The van der Waals surface area contributed by atoms with Gasteiger partial charge in [0.2, 0.25) is 5.91 Å². The second-order valence-corrected chi connectivity index (χ2v) is 6.22. The number of nitriles is 1. The van der Waals surface area contributed by atoms with Gasteiger partial charge in [-0.25, -0.2) is 0 Å². The second-order valence-electron chi connectivity index (χ2n) is 5.03. The van der Waals surface area contributed by atoms with E-state index in [1.807, 2.05) is 31.9 Å². The van der Waals surface area contributed by atoms with E-state index in [-0.39, 0.29) is 16.7 Å². The van der Waals surface area contributed by atoms with Crippen molar-refractivity contribution in [3.63, 3.8) is 0 Å². The first-order chi connectivity index (χ1) is 9.03. The number of rotatable bonds is 5. The number of likely N-dealkylation sites (N-methyl/N-ethyl adjacent to an activating group) is 1. The molecule has 4 nitrogen and oxygen atoms in total. The largest absolute Gasteiger partial charge is 0.342 e. The molecule has 1 atom stereocenters.